The van der Waals surface area contributed by atoms with Crippen molar-refractivity contribution in [2.45, 2.75) is 32.8 Å². The summed E-state index contributed by atoms with van der Waals surface area (Å²) in [5.74, 6) is -0.262. The number of aliphatic hydroxyl groups excluding tert-OH is 1. The number of halogens is 1. The summed E-state index contributed by atoms with van der Waals surface area (Å²) in [6.45, 7) is 5.16. The zero-order valence-electron chi connectivity index (χ0n) is 12.9. The van der Waals surface area contributed by atoms with E-state index in [0.29, 0.717) is 16.8 Å². The first-order valence-corrected chi connectivity index (χ1v) is 7.37. The van der Waals surface area contributed by atoms with Gasteiger partial charge in [-0.3, -0.25) is 4.79 Å². The van der Waals surface area contributed by atoms with Gasteiger partial charge in [0.2, 0.25) is 5.91 Å². The molecular weight excluding hydrogens is 271 g/mol. The summed E-state index contributed by atoms with van der Waals surface area (Å²) in [5.41, 5.74) is 1.72. The van der Waals surface area contributed by atoms with Crippen molar-refractivity contribution in [2.24, 2.45) is 0 Å². The van der Waals surface area contributed by atoms with Crippen LogP contribution in [-0.4, -0.2) is 42.6 Å². The summed E-state index contributed by atoms with van der Waals surface area (Å²) in [5, 5.41) is 9.83. The molecule has 1 unspecified atom stereocenters. The van der Waals surface area contributed by atoms with Gasteiger partial charge in [0.25, 0.3) is 0 Å². The second-order valence-electron chi connectivity index (χ2n) is 5.78. The lowest BCUT2D eigenvalue weighted by Crippen LogP contribution is -2.37. The second kappa shape index (κ2) is 6.43. The van der Waals surface area contributed by atoms with Crippen LogP contribution < -0.4 is 4.90 Å². The minimum Gasteiger partial charge on any atom is -0.389 e. The van der Waals surface area contributed by atoms with E-state index in [9.17, 15) is 14.3 Å². The fourth-order valence-corrected chi connectivity index (χ4v) is 2.70. The molecule has 1 aromatic rings. The molecule has 1 N–H and O–H groups in total. The first-order chi connectivity index (χ1) is 9.90. The van der Waals surface area contributed by atoms with Gasteiger partial charge in [-0.2, -0.15) is 0 Å². The highest BCUT2D eigenvalue weighted by atomic mass is 19.1. The number of anilines is 1. The van der Waals surface area contributed by atoms with Crippen molar-refractivity contribution in [1.82, 2.24) is 4.90 Å². The molecule has 1 atom stereocenters. The van der Waals surface area contributed by atoms with Crippen molar-refractivity contribution < 1.29 is 14.3 Å². The van der Waals surface area contributed by atoms with E-state index in [1.54, 1.807) is 31.9 Å². The van der Waals surface area contributed by atoms with Crippen LogP contribution in [0.1, 0.15) is 37.0 Å². The van der Waals surface area contributed by atoms with Crippen molar-refractivity contribution in [1.29, 1.82) is 0 Å². The number of likely N-dealkylation sites (N-methyl/N-ethyl adjacent to an activating group) is 1. The van der Waals surface area contributed by atoms with E-state index < -0.39 is 6.10 Å². The number of carbonyl (C=O) groups excluding carboxylic acids is 1. The van der Waals surface area contributed by atoms with Gasteiger partial charge < -0.3 is 14.9 Å². The van der Waals surface area contributed by atoms with Crippen molar-refractivity contribution in [3.63, 3.8) is 0 Å². The number of carbonyl (C=O) groups is 1. The molecule has 0 radical (unpaired) electrons. The Bertz CT molecular complexity index is 525. The molecule has 1 aliphatic rings. The molecule has 5 heteroatoms. The lowest BCUT2D eigenvalue weighted by Gasteiger charge is -2.26. The number of amides is 1. The fourth-order valence-electron chi connectivity index (χ4n) is 2.70. The first-order valence-electron chi connectivity index (χ1n) is 7.37. The Hall–Kier alpha value is -1.62. The average molecular weight is 294 g/mol. The number of hydrogen-bond donors (Lipinski definition) is 1. The summed E-state index contributed by atoms with van der Waals surface area (Å²) in [7, 11) is 1.80. The Morgan fingerprint density at radius 1 is 1.43 bits per heavy atom. The Labute approximate surface area is 125 Å². The topological polar surface area (TPSA) is 43.8 Å². The highest BCUT2D eigenvalue weighted by Gasteiger charge is 2.21. The van der Waals surface area contributed by atoms with Crippen LogP contribution in [0.4, 0.5) is 10.1 Å². The van der Waals surface area contributed by atoms with E-state index in [4.69, 9.17) is 0 Å². The fraction of sp³-hybridized carbons (Fsp3) is 0.562. The number of rotatable bonds is 4. The molecule has 0 saturated carbocycles. The third kappa shape index (κ3) is 3.53. The quantitative estimate of drug-likeness (QED) is 0.926. The minimum absolute atomic E-state index is 0.0773. The van der Waals surface area contributed by atoms with Crippen LogP contribution in [0.15, 0.2) is 12.1 Å². The van der Waals surface area contributed by atoms with Gasteiger partial charge >= 0.3 is 0 Å². The normalized spacial score (nSPS) is 16.1. The van der Waals surface area contributed by atoms with E-state index in [1.807, 2.05) is 4.90 Å². The second-order valence-corrected chi connectivity index (χ2v) is 5.78. The van der Waals surface area contributed by atoms with E-state index >= 15 is 0 Å². The van der Waals surface area contributed by atoms with Crippen LogP contribution in [0.5, 0.6) is 0 Å². The largest absolute Gasteiger partial charge is 0.389 e. The van der Waals surface area contributed by atoms with Crippen LogP contribution in [0.3, 0.4) is 0 Å². The molecule has 4 nitrogen and oxygen atoms in total. The molecular formula is C16H23FN2O2. The van der Waals surface area contributed by atoms with E-state index in [-0.39, 0.29) is 18.3 Å². The van der Waals surface area contributed by atoms with Gasteiger partial charge in [-0.15, -0.1) is 0 Å². The molecule has 116 valence electrons. The zero-order valence-corrected chi connectivity index (χ0v) is 12.9. The molecule has 1 saturated heterocycles. The van der Waals surface area contributed by atoms with E-state index in [1.165, 1.54) is 6.07 Å². The zero-order chi connectivity index (χ0) is 15.6. The molecule has 0 spiro atoms. The number of nitrogens with zero attached hydrogens (tertiary/aromatic N) is 2. The standard InChI is InChI=1S/C16H23FN2O2/c1-11-8-15(13(12(2)20)9-14(11)17)18(3)10-16(21)19-6-4-5-7-19/h8-9,12,20H,4-7,10H2,1-3H3. The van der Waals surface area contributed by atoms with Crippen LogP contribution in [0.25, 0.3) is 0 Å². The predicted molar refractivity (Wildman–Crippen MR) is 80.9 cm³/mol. The first kappa shape index (κ1) is 15.8. The maximum absolute atomic E-state index is 13.7. The average Bonchev–Trinajstić information content (AvgIpc) is 2.95. The summed E-state index contributed by atoms with van der Waals surface area (Å²) in [6, 6.07) is 3.04. The maximum atomic E-state index is 13.7. The number of aryl methyl sites for hydroxylation is 1. The molecule has 1 aliphatic heterocycles. The monoisotopic (exact) mass is 294 g/mol. The molecule has 0 aromatic heterocycles. The molecule has 1 heterocycles. The predicted octanol–water partition coefficient (Wildman–Crippen LogP) is 2.25. The van der Waals surface area contributed by atoms with Crippen molar-refractivity contribution in [3.05, 3.63) is 29.1 Å². The lowest BCUT2D eigenvalue weighted by molar-refractivity contribution is -0.128. The van der Waals surface area contributed by atoms with Crippen molar-refractivity contribution in [2.75, 3.05) is 31.6 Å². The van der Waals surface area contributed by atoms with Crippen molar-refractivity contribution in [3.8, 4) is 0 Å². The van der Waals surface area contributed by atoms with Gasteiger partial charge in [0, 0.05) is 31.4 Å². The Balaban J connectivity index is 2.19. The summed E-state index contributed by atoms with van der Waals surface area (Å²) in [6.07, 6.45) is 1.34. The molecule has 0 aliphatic carbocycles. The Morgan fingerprint density at radius 3 is 2.62 bits per heavy atom. The maximum Gasteiger partial charge on any atom is 0.242 e. The lowest BCUT2D eigenvalue weighted by atomic mass is 10.0. The summed E-state index contributed by atoms with van der Waals surface area (Å²) < 4.78 is 13.7. The van der Waals surface area contributed by atoms with Gasteiger partial charge in [-0.25, -0.2) is 4.39 Å². The van der Waals surface area contributed by atoms with Crippen LogP contribution in [0.2, 0.25) is 0 Å². The Morgan fingerprint density at radius 2 is 2.05 bits per heavy atom. The molecule has 21 heavy (non-hydrogen) atoms. The smallest absolute Gasteiger partial charge is 0.242 e. The molecule has 1 amide bonds. The molecule has 2 rings (SSSR count). The van der Waals surface area contributed by atoms with Crippen LogP contribution in [0, 0.1) is 12.7 Å². The van der Waals surface area contributed by atoms with Gasteiger partial charge in [-0.1, -0.05) is 0 Å². The molecule has 0 bridgehead atoms. The van der Waals surface area contributed by atoms with Gasteiger partial charge in [0.1, 0.15) is 5.82 Å². The highest BCUT2D eigenvalue weighted by molar-refractivity contribution is 5.82. The van der Waals surface area contributed by atoms with Crippen molar-refractivity contribution >= 4 is 11.6 Å². The summed E-state index contributed by atoms with van der Waals surface area (Å²) in [4.78, 5) is 15.9. The number of likely N-dealkylation sites (tertiary alicyclic amines) is 1. The molecule has 1 aromatic carbocycles. The van der Waals surface area contributed by atoms with Crippen LogP contribution in [-0.2, 0) is 4.79 Å². The Kier molecular flexibility index (Phi) is 4.83. The van der Waals surface area contributed by atoms with Gasteiger partial charge in [0.05, 0.1) is 12.6 Å². The van der Waals surface area contributed by atoms with E-state index in [2.05, 4.69) is 0 Å². The van der Waals surface area contributed by atoms with E-state index in [0.717, 1.165) is 25.9 Å². The van der Waals surface area contributed by atoms with Gasteiger partial charge in [0.15, 0.2) is 0 Å². The number of benzene rings is 1. The third-order valence-electron chi connectivity index (χ3n) is 4.00. The third-order valence-corrected chi connectivity index (χ3v) is 4.00. The van der Waals surface area contributed by atoms with Gasteiger partial charge in [-0.05, 0) is 44.4 Å². The highest BCUT2D eigenvalue weighted by Crippen LogP contribution is 2.28. The number of hydrogen-bond acceptors (Lipinski definition) is 3. The van der Waals surface area contributed by atoms with Crippen LogP contribution >= 0.6 is 0 Å². The minimum atomic E-state index is -0.778. The SMILES string of the molecule is Cc1cc(N(C)CC(=O)N2CCCC2)c(C(C)O)cc1F. The number of aliphatic hydroxyl groups is 1. The molecule has 1 fully saturated rings. The summed E-state index contributed by atoms with van der Waals surface area (Å²) >= 11 is 0.